The van der Waals surface area contributed by atoms with Crippen LogP contribution in [0.1, 0.15) is 26.3 Å². The van der Waals surface area contributed by atoms with Crippen molar-refractivity contribution in [2.45, 2.75) is 27.3 Å². The highest BCUT2D eigenvalue weighted by Gasteiger charge is 2.11. The first-order chi connectivity index (χ1) is 9.58. The molecule has 1 aromatic rings. The maximum absolute atomic E-state index is 5.76. The zero-order valence-corrected chi connectivity index (χ0v) is 14.0. The van der Waals surface area contributed by atoms with Gasteiger partial charge in [0.2, 0.25) is 0 Å². The summed E-state index contributed by atoms with van der Waals surface area (Å²) in [4.78, 5) is 0. The molecular weight excluding hydrogens is 322 g/mol. The quantitative estimate of drug-likeness (QED) is 0.697. The number of rotatable bonds is 9. The molecule has 0 radical (unpaired) electrons. The van der Waals surface area contributed by atoms with E-state index >= 15 is 0 Å². The molecule has 0 aliphatic carbocycles. The van der Waals surface area contributed by atoms with E-state index in [4.69, 9.17) is 19.9 Å². The van der Waals surface area contributed by atoms with Crippen LogP contribution in [0.3, 0.4) is 0 Å². The molecule has 0 aliphatic rings. The van der Waals surface area contributed by atoms with Crippen molar-refractivity contribution in [3.05, 3.63) is 22.2 Å². The molecule has 1 aromatic carbocycles. The van der Waals surface area contributed by atoms with E-state index < -0.39 is 0 Å². The molecule has 0 saturated carbocycles. The van der Waals surface area contributed by atoms with Crippen LogP contribution in [0.4, 0.5) is 0 Å². The molecule has 0 aromatic heterocycles. The van der Waals surface area contributed by atoms with E-state index in [1.54, 1.807) is 0 Å². The number of halogens is 1. The molecule has 0 fully saturated rings. The molecule has 0 unspecified atom stereocenters. The van der Waals surface area contributed by atoms with Crippen molar-refractivity contribution in [1.29, 1.82) is 0 Å². The van der Waals surface area contributed by atoms with Gasteiger partial charge < -0.3 is 19.9 Å². The summed E-state index contributed by atoms with van der Waals surface area (Å²) in [6, 6.07) is 3.87. The van der Waals surface area contributed by atoms with Crippen LogP contribution in [0.15, 0.2) is 16.6 Å². The molecule has 0 atom stereocenters. The van der Waals surface area contributed by atoms with Crippen LogP contribution in [-0.4, -0.2) is 26.4 Å². The smallest absolute Gasteiger partial charge is 0.175 e. The molecular formula is C15H24BrNO3. The third-order valence-corrected chi connectivity index (χ3v) is 3.12. The highest BCUT2D eigenvalue weighted by atomic mass is 79.9. The van der Waals surface area contributed by atoms with Crippen LogP contribution >= 0.6 is 15.9 Å². The first kappa shape index (κ1) is 17.3. The summed E-state index contributed by atoms with van der Waals surface area (Å²) in [5.74, 6) is 1.95. The van der Waals surface area contributed by atoms with Gasteiger partial charge in [-0.25, -0.2) is 0 Å². The third kappa shape index (κ3) is 5.69. The highest BCUT2D eigenvalue weighted by Crippen LogP contribution is 2.36. The Morgan fingerprint density at radius 3 is 2.55 bits per heavy atom. The van der Waals surface area contributed by atoms with Gasteiger partial charge in [0.1, 0.15) is 6.61 Å². The van der Waals surface area contributed by atoms with Crippen molar-refractivity contribution in [3.63, 3.8) is 0 Å². The lowest BCUT2D eigenvalue weighted by Crippen LogP contribution is -2.11. The maximum Gasteiger partial charge on any atom is 0.175 e. The van der Waals surface area contributed by atoms with Crippen molar-refractivity contribution < 1.29 is 14.2 Å². The molecule has 0 saturated heterocycles. The normalized spacial score (nSPS) is 10.9. The van der Waals surface area contributed by atoms with Crippen LogP contribution in [0, 0.1) is 5.92 Å². The van der Waals surface area contributed by atoms with E-state index in [9.17, 15) is 0 Å². The summed E-state index contributed by atoms with van der Waals surface area (Å²) in [5, 5.41) is 0. The predicted octanol–water partition coefficient (Wildman–Crippen LogP) is 3.36. The first-order valence-corrected chi connectivity index (χ1v) is 7.73. The Bertz CT molecular complexity index is 410. The second kappa shape index (κ2) is 9.21. The van der Waals surface area contributed by atoms with E-state index in [0.717, 1.165) is 16.6 Å². The molecule has 20 heavy (non-hydrogen) atoms. The van der Waals surface area contributed by atoms with E-state index in [-0.39, 0.29) is 0 Å². The van der Waals surface area contributed by atoms with Gasteiger partial charge in [0.25, 0.3) is 0 Å². The molecule has 1 rings (SSSR count). The van der Waals surface area contributed by atoms with Gasteiger partial charge in [-0.1, -0.05) is 13.8 Å². The summed E-state index contributed by atoms with van der Waals surface area (Å²) in [7, 11) is 0. The lowest BCUT2D eigenvalue weighted by atomic mass is 10.2. The van der Waals surface area contributed by atoms with Crippen molar-refractivity contribution in [3.8, 4) is 11.5 Å². The van der Waals surface area contributed by atoms with Crippen LogP contribution in [0.5, 0.6) is 11.5 Å². The van der Waals surface area contributed by atoms with E-state index in [1.165, 1.54) is 0 Å². The molecule has 4 nitrogen and oxygen atoms in total. The fourth-order valence-corrected chi connectivity index (χ4v) is 2.27. The van der Waals surface area contributed by atoms with Gasteiger partial charge in [-0.05, 0) is 46.5 Å². The fraction of sp³-hybridized carbons (Fsp3) is 0.600. The molecule has 0 bridgehead atoms. The molecule has 2 N–H and O–H groups in total. The highest BCUT2D eigenvalue weighted by molar-refractivity contribution is 9.10. The second-order valence-corrected chi connectivity index (χ2v) is 5.71. The summed E-state index contributed by atoms with van der Waals surface area (Å²) >= 11 is 3.50. The molecule has 0 spiro atoms. The minimum atomic E-state index is 0.469. The van der Waals surface area contributed by atoms with E-state index in [2.05, 4.69) is 29.8 Å². The number of hydrogen-bond donors (Lipinski definition) is 1. The maximum atomic E-state index is 5.76. The zero-order chi connectivity index (χ0) is 15.0. The van der Waals surface area contributed by atoms with Crippen molar-refractivity contribution >= 4 is 15.9 Å². The standard InChI is InChI=1S/C15H24BrNO3/c1-4-19-14-8-12(9-17)7-13(16)15(14)20-6-5-18-10-11(2)3/h7-8,11H,4-6,9-10,17H2,1-3H3. The number of ether oxygens (including phenoxy) is 3. The largest absolute Gasteiger partial charge is 0.490 e. The van der Waals surface area contributed by atoms with Gasteiger partial charge in [-0.3, -0.25) is 0 Å². The molecule has 0 aliphatic heterocycles. The van der Waals surface area contributed by atoms with Crippen molar-refractivity contribution in [1.82, 2.24) is 0 Å². The second-order valence-electron chi connectivity index (χ2n) is 4.86. The monoisotopic (exact) mass is 345 g/mol. The SMILES string of the molecule is CCOc1cc(CN)cc(Br)c1OCCOCC(C)C. The lowest BCUT2D eigenvalue weighted by Gasteiger charge is -2.15. The van der Waals surface area contributed by atoms with Crippen LogP contribution in [-0.2, 0) is 11.3 Å². The minimum Gasteiger partial charge on any atom is -0.490 e. The average Bonchev–Trinajstić information content (AvgIpc) is 2.40. The van der Waals surface area contributed by atoms with E-state index in [1.807, 2.05) is 19.1 Å². The third-order valence-electron chi connectivity index (χ3n) is 2.53. The summed E-state index contributed by atoms with van der Waals surface area (Å²) < 4.78 is 17.7. The van der Waals surface area contributed by atoms with Gasteiger partial charge in [0.15, 0.2) is 11.5 Å². The van der Waals surface area contributed by atoms with Gasteiger partial charge in [0.05, 0.1) is 17.7 Å². The molecule has 0 amide bonds. The summed E-state index contributed by atoms with van der Waals surface area (Å²) in [6.07, 6.45) is 0. The Labute approximate surface area is 129 Å². The Kier molecular flexibility index (Phi) is 7.95. The molecule has 0 heterocycles. The van der Waals surface area contributed by atoms with Gasteiger partial charge >= 0.3 is 0 Å². The van der Waals surface area contributed by atoms with E-state index in [0.29, 0.717) is 43.8 Å². The van der Waals surface area contributed by atoms with Crippen molar-refractivity contribution in [2.24, 2.45) is 11.7 Å². The number of hydrogen-bond acceptors (Lipinski definition) is 4. The summed E-state index contributed by atoms with van der Waals surface area (Å²) in [6.45, 7) is 9.04. The molecule has 114 valence electrons. The van der Waals surface area contributed by atoms with Crippen molar-refractivity contribution in [2.75, 3.05) is 26.4 Å². The Morgan fingerprint density at radius 2 is 1.95 bits per heavy atom. The van der Waals surface area contributed by atoms with Crippen LogP contribution < -0.4 is 15.2 Å². The predicted molar refractivity (Wildman–Crippen MR) is 84.4 cm³/mol. The fourth-order valence-electron chi connectivity index (χ4n) is 1.66. The average molecular weight is 346 g/mol. The minimum absolute atomic E-state index is 0.469. The van der Waals surface area contributed by atoms with Crippen LogP contribution in [0.25, 0.3) is 0 Å². The zero-order valence-electron chi connectivity index (χ0n) is 12.4. The summed E-state index contributed by atoms with van der Waals surface area (Å²) in [5.41, 5.74) is 6.67. The number of benzene rings is 1. The number of nitrogens with two attached hydrogens (primary N) is 1. The van der Waals surface area contributed by atoms with Gasteiger partial charge in [-0.2, -0.15) is 0 Å². The Hall–Kier alpha value is -0.780. The lowest BCUT2D eigenvalue weighted by molar-refractivity contribution is 0.0806. The Balaban J connectivity index is 2.63. The topological polar surface area (TPSA) is 53.7 Å². The van der Waals surface area contributed by atoms with Gasteiger partial charge in [-0.15, -0.1) is 0 Å². The Morgan fingerprint density at radius 1 is 1.20 bits per heavy atom. The van der Waals surface area contributed by atoms with Gasteiger partial charge in [0, 0.05) is 13.2 Å². The first-order valence-electron chi connectivity index (χ1n) is 6.94. The molecule has 5 heteroatoms. The van der Waals surface area contributed by atoms with Crippen LogP contribution in [0.2, 0.25) is 0 Å².